The maximum absolute atomic E-state index is 12.1. The Hall–Kier alpha value is -2.81. The molecule has 1 fully saturated rings. The summed E-state index contributed by atoms with van der Waals surface area (Å²) in [5, 5.41) is 17.2. The zero-order valence-corrected chi connectivity index (χ0v) is 14.8. The Kier molecular flexibility index (Phi) is 5.27. The summed E-state index contributed by atoms with van der Waals surface area (Å²) in [6.07, 6.45) is 2.15. The molecule has 1 aliphatic rings. The summed E-state index contributed by atoms with van der Waals surface area (Å²) >= 11 is 0. The van der Waals surface area contributed by atoms with Crippen molar-refractivity contribution in [3.05, 3.63) is 24.3 Å². The lowest BCUT2D eigenvalue weighted by atomic mass is 10.1. The van der Waals surface area contributed by atoms with Crippen molar-refractivity contribution in [1.29, 1.82) is 0 Å². The number of carbonyl (C=O) groups is 2. The fraction of sp³-hybridized carbons (Fsp3) is 0.471. The largest absolute Gasteiger partial charge is 0.346 e. The molecule has 1 aromatic heterocycles. The molecular formula is C17H23N7O2. The minimum absolute atomic E-state index is 0.00664. The molecule has 1 atom stereocenters. The third-order valence-corrected chi connectivity index (χ3v) is 4.23. The van der Waals surface area contributed by atoms with Crippen LogP contribution in [-0.4, -0.2) is 44.6 Å². The van der Waals surface area contributed by atoms with Gasteiger partial charge in [-0.3, -0.25) is 9.59 Å². The molecule has 2 aromatic rings. The fourth-order valence-corrected chi connectivity index (χ4v) is 2.48. The Morgan fingerprint density at radius 2 is 2.12 bits per heavy atom. The molecule has 26 heavy (non-hydrogen) atoms. The summed E-state index contributed by atoms with van der Waals surface area (Å²) in [6.45, 7) is 3.57. The number of benzene rings is 1. The molecule has 1 heterocycles. The number of carbonyl (C=O) groups excluding carboxylic acids is 2. The molecule has 1 aromatic carbocycles. The Balaban J connectivity index is 1.61. The highest BCUT2D eigenvalue weighted by molar-refractivity contribution is 5.95. The van der Waals surface area contributed by atoms with Crippen LogP contribution in [-0.2, 0) is 9.59 Å². The van der Waals surface area contributed by atoms with E-state index in [1.807, 2.05) is 36.7 Å². The fourth-order valence-electron chi connectivity index (χ4n) is 2.48. The van der Waals surface area contributed by atoms with Gasteiger partial charge in [-0.25, -0.2) is 4.68 Å². The summed E-state index contributed by atoms with van der Waals surface area (Å²) in [4.78, 5) is 23.9. The van der Waals surface area contributed by atoms with Crippen LogP contribution in [0.25, 0.3) is 11.4 Å². The van der Waals surface area contributed by atoms with Crippen molar-refractivity contribution >= 4 is 17.5 Å². The van der Waals surface area contributed by atoms with Crippen molar-refractivity contribution < 1.29 is 9.59 Å². The van der Waals surface area contributed by atoms with Crippen molar-refractivity contribution in [2.24, 2.45) is 11.7 Å². The molecule has 4 N–H and O–H groups in total. The predicted octanol–water partition coefficient (Wildman–Crippen LogP) is 0.713. The van der Waals surface area contributed by atoms with Crippen molar-refractivity contribution in [3.8, 4) is 11.4 Å². The van der Waals surface area contributed by atoms with Gasteiger partial charge in [0.15, 0.2) is 5.82 Å². The smallest absolute Gasteiger partial charge is 0.243 e. The second-order valence-electron chi connectivity index (χ2n) is 6.79. The normalized spacial score (nSPS) is 14.9. The summed E-state index contributed by atoms with van der Waals surface area (Å²) < 4.78 is 1.81. The average Bonchev–Trinajstić information content (AvgIpc) is 3.35. The van der Waals surface area contributed by atoms with Gasteiger partial charge in [0.2, 0.25) is 11.8 Å². The van der Waals surface area contributed by atoms with Gasteiger partial charge in [-0.2, -0.15) is 0 Å². The Bertz CT molecular complexity index is 798. The summed E-state index contributed by atoms with van der Waals surface area (Å²) in [5.41, 5.74) is 7.19. The van der Waals surface area contributed by atoms with E-state index in [-0.39, 0.29) is 24.3 Å². The van der Waals surface area contributed by atoms with Gasteiger partial charge < -0.3 is 16.4 Å². The highest BCUT2D eigenvalue weighted by Gasteiger charge is 2.28. The lowest BCUT2D eigenvalue weighted by Gasteiger charge is -2.15. The van der Waals surface area contributed by atoms with Crippen LogP contribution in [0.3, 0.4) is 0 Å². The summed E-state index contributed by atoms with van der Waals surface area (Å²) in [5.74, 6) is 0.0210. The van der Waals surface area contributed by atoms with E-state index in [0.29, 0.717) is 17.6 Å². The molecule has 9 nitrogen and oxygen atoms in total. The van der Waals surface area contributed by atoms with E-state index in [1.54, 1.807) is 6.07 Å². The zero-order valence-electron chi connectivity index (χ0n) is 14.8. The number of aromatic nitrogens is 4. The molecule has 0 bridgehead atoms. The van der Waals surface area contributed by atoms with E-state index in [2.05, 4.69) is 26.2 Å². The molecule has 1 aliphatic carbocycles. The molecule has 0 aliphatic heterocycles. The van der Waals surface area contributed by atoms with Gasteiger partial charge in [0.25, 0.3) is 0 Å². The average molecular weight is 357 g/mol. The van der Waals surface area contributed by atoms with Crippen LogP contribution in [0.2, 0.25) is 0 Å². The van der Waals surface area contributed by atoms with Crippen LogP contribution < -0.4 is 16.4 Å². The SMILES string of the molecule is CC(C)[C@H](N)C(=O)NCC(=O)Nc1cccc(-c2nnnn2C2CC2)c1. The maximum atomic E-state index is 12.1. The van der Waals surface area contributed by atoms with Gasteiger partial charge in [-0.1, -0.05) is 26.0 Å². The first-order valence-electron chi connectivity index (χ1n) is 8.67. The molecule has 0 spiro atoms. The van der Waals surface area contributed by atoms with Crippen molar-refractivity contribution in [3.63, 3.8) is 0 Å². The standard InChI is InChI=1S/C17H23N7O2/c1-10(2)15(18)17(26)19-9-14(25)20-12-5-3-4-11(8-12)16-21-22-23-24(16)13-6-7-13/h3-5,8,10,13,15H,6-7,9,18H2,1-2H3,(H,19,26)(H,20,25)/t15-/m0/s1. The number of hydrogen-bond acceptors (Lipinski definition) is 6. The molecule has 138 valence electrons. The van der Waals surface area contributed by atoms with Crippen molar-refractivity contribution in [1.82, 2.24) is 25.5 Å². The lowest BCUT2D eigenvalue weighted by Crippen LogP contribution is -2.46. The van der Waals surface area contributed by atoms with Gasteiger partial charge in [0, 0.05) is 11.3 Å². The number of anilines is 1. The number of amides is 2. The first-order valence-corrected chi connectivity index (χ1v) is 8.67. The first-order chi connectivity index (χ1) is 12.5. The highest BCUT2D eigenvalue weighted by Crippen LogP contribution is 2.36. The second kappa shape index (κ2) is 7.61. The third kappa shape index (κ3) is 4.23. The number of nitrogens with two attached hydrogens (primary N) is 1. The van der Waals surface area contributed by atoms with Crippen LogP contribution in [0, 0.1) is 5.92 Å². The minimum atomic E-state index is -0.632. The topological polar surface area (TPSA) is 128 Å². The van der Waals surface area contributed by atoms with E-state index < -0.39 is 6.04 Å². The van der Waals surface area contributed by atoms with Crippen LogP contribution in [0.15, 0.2) is 24.3 Å². The Morgan fingerprint density at radius 1 is 1.35 bits per heavy atom. The second-order valence-corrected chi connectivity index (χ2v) is 6.79. The Morgan fingerprint density at radius 3 is 2.81 bits per heavy atom. The monoisotopic (exact) mass is 357 g/mol. The van der Waals surface area contributed by atoms with Gasteiger partial charge >= 0.3 is 0 Å². The van der Waals surface area contributed by atoms with Crippen LogP contribution in [0.1, 0.15) is 32.7 Å². The zero-order chi connectivity index (χ0) is 18.7. The lowest BCUT2D eigenvalue weighted by molar-refractivity contribution is -0.125. The van der Waals surface area contributed by atoms with Crippen LogP contribution >= 0.6 is 0 Å². The van der Waals surface area contributed by atoms with Gasteiger partial charge in [0.1, 0.15) is 0 Å². The molecule has 0 unspecified atom stereocenters. The number of hydrogen-bond donors (Lipinski definition) is 3. The molecule has 0 saturated heterocycles. The maximum Gasteiger partial charge on any atom is 0.243 e. The molecule has 1 saturated carbocycles. The Labute approximate surface area is 151 Å². The molecule has 3 rings (SSSR count). The van der Waals surface area contributed by atoms with E-state index in [1.165, 1.54) is 0 Å². The van der Waals surface area contributed by atoms with Crippen LogP contribution in [0.4, 0.5) is 5.69 Å². The van der Waals surface area contributed by atoms with E-state index >= 15 is 0 Å². The molecular weight excluding hydrogens is 334 g/mol. The number of rotatable bonds is 7. The highest BCUT2D eigenvalue weighted by atomic mass is 16.2. The quantitative estimate of drug-likeness (QED) is 0.670. The van der Waals surface area contributed by atoms with Crippen molar-refractivity contribution in [2.45, 2.75) is 38.8 Å². The first kappa shape index (κ1) is 18.0. The number of nitrogens with one attached hydrogen (secondary N) is 2. The van der Waals surface area contributed by atoms with Crippen molar-refractivity contribution in [2.75, 3.05) is 11.9 Å². The van der Waals surface area contributed by atoms with E-state index in [4.69, 9.17) is 5.73 Å². The molecule has 9 heteroatoms. The van der Waals surface area contributed by atoms with E-state index in [9.17, 15) is 9.59 Å². The van der Waals surface area contributed by atoms with Gasteiger partial charge in [-0.15, -0.1) is 5.10 Å². The van der Waals surface area contributed by atoms with Crippen LogP contribution in [0.5, 0.6) is 0 Å². The van der Waals surface area contributed by atoms with Gasteiger partial charge in [0.05, 0.1) is 18.6 Å². The van der Waals surface area contributed by atoms with Gasteiger partial charge in [-0.05, 0) is 41.3 Å². The predicted molar refractivity (Wildman–Crippen MR) is 96.0 cm³/mol. The molecule has 0 radical (unpaired) electrons. The summed E-state index contributed by atoms with van der Waals surface area (Å²) in [6, 6.07) is 7.03. The third-order valence-electron chi connectivity index (χ3n) is 4.23. The number of tetrazole rings is 1. The minimum Gasteiger partial charge on any atom is -0.346 e. The van der Waals surface area contributed by atoms with E-state index in [0.717, 1.165) is 18.4 Å². The number of nitrogens with zero attached hydrogens (tertiary/aromatic N) is 4. The summed E-state index contributed by atoms with van der Waals surface area (Å²) in [7, 11) is 0. The molecule has 2 amide bonds.